The Balaban J connectivity index is 1.36. The first kappa shape index (κ1) is 22.1. The van der Waals surface area contributed by atoms with Gasteiger partial charge in [-0.05, 0) is 57.6 Å². The molecule has 4 atom stereocenters. The van der Waals surface area contributed by atoms with E-state index in [1.807, 2.05) is 0 Å². The summed E-state index contributed by atoms with van der Waals surface area (Å²) in [7, 11) is 0. The molecular weight excluding hydrogens is 376 g/mol. The van der Waals surface area contributed by atoms with Crippen LogP contribution in [0.15, 0.2) is 72.5 Å². The van der Waals surface area contributed by atoms with E-state index in [9.17, 15) is 0 Å². The van der Waals surface area contributed by atoms with Gasteiger partial charge < -0.3 is 4.90 Å². The smallest absolute Gasteiger partial charge is 0.199 e. The van der Waals surface area contributed by atoms with Gasteiger partial charge >= 0.3 is 0 Å². The lowest BCUT2D eigenvalue weighted by Crippen LogP contribution is -2.43. The van der Waals surface area contributed by atoms with Gasteiger partial charge in [-0.3, -0.25) is 0 Å². The molecule has 0 aromatic carbocycles. The Bertz CT molecular complexity index is 820. The van der Waals surface area contributed by atoms with Gasteiger partial charge in [0.1, 0.15) is 6.54 Å². The third-order valence-corrected chi connectivity index (χ3v) is 7.72. The normalized spacial score (nSPS) is 32.6. The fourth-order valence-electron chi connectivity index (χ4n) is 6.16. The van der Waals surface area contributed by atoms with Crippen molar-refractivity contribution in [1.82, 2.24) is 4.90 Å². The summed E-state index contributed by atoms with van der Waals surface area (Å²) in [4.78, 5) is 2.61. The van der Waals surface area contributed by atoms with Crippen molar-refractivity contribution in [3.8, 4) is 0 Å². The molecule has 0 bridgehead atoms. The topological polar surface area (TPSA) is 6.25 Å². The minimum Gasteiger partial charge on any atom is -0.368 e. The highest BCUT2D eigenvalue weighted by Crippen LogP contribution is 2.35. The van der Waals surface area contributed by atoms with Crippen LogP contribution in [0.4, 0.5) is 0 Å². The van der Waals surface area contributed by atoms with Crippen LogP contribution in [0, 0.1) is 11.8 Å². The van der Waals surface area contributed by atoms with Crippen LogP contribution in [-0.2, 0) is 0 Å². The zero-order chi connectivity index (χ0) is 21.5. The highest BCUT2D eigenvalue weighted by Gasteiger charge is 2.35. The van der Waals surface area contributed by atoms with Crippen LogP contribution >= 0.6 is 0 Å². The van der Waals surface area contributed by atoms with Gasteiger partial charge in [0.15, 0.2) is 11.8 Å². The van der Waals surface area contributed by atoms with E-state index in [0.29, 0.717) is 12.1 Å². The van der Waals surface area contributed by atoms with Crippen molar-refractivity contribution >= 4 is 5.71 Å². The van der Waals surface area contributed by atoms with E-state index in [-0.39, 0.29) is 0 Å². The van der Waals surface area contributed by atoms with E-state index in [1.165, 1.54) is 62.8 Å². The minimum atomic E-state index is 0.715. The fourth-order valence-corrected chi connectivity index (χ4v) is 6.16. The summed E-state index contributed by atoms with van der Waals surface area (Å²) in [6, 6.07) is 1.43. The number of hydrogen-bond acceptors (Lipinski definition) is 1. The number of fused-ring (bicyclic) bond motifs is 2. The van der Waals surface area contributed by atoms with E-state index in [2.05, 4.69) is 90.2 Å². The highest BCUT2D eigenvalue weighted by molar-refractivity contribution is 6.00. The lowest BCUT2D eigenvalue weighted by molar-refractivity contribution is -0.572. The third-order valence-electron chi connectivity index (χ3n) is 7.72. The molecule has 0 radical (unpaired) electrons. The number of likely N-dealkylation sites (N-methyl/N-ethyl adjacent to an activating group) is 1. The Kier molecular flexibility index (Phi) is 7.83. The largest absolute Gasteiger partial charge is 0.368 e. The molecule has 0 saturated heterocycles. The second-order valence-electron chi connectivity index (χ2n) is 9.47. The molecule has 0 aromatic rings. The second kappa shape index (κ2) is 11.0. The lowest BCUT2D eigenvalue weighted by Gasteiger charge is -2.43. The monoisotopic (exact) mass is 417 g/mol. The molecule has 0 N–H and O–H groups in total. The first-order chi connectivity index (χ1) is 15.3. The molecule has 0 aromatic heterocycles. The zero-order valence-electron chi connectivity index (χ0n) is 19.6. The summed E-state index contributed by atoms with van der Waals surface area (Å²) in [5, 5.41) is 0. The molecule has 31 heavy (non-hydrogen) atoms. The Morgan fingerprint density at radius 1 is 0.839 bits per heavy atom. The number of nitrogens with zero attached hydrogens (tertiary/aromatic N) is 2. The molecule has 166 valence electrons. The predicted molar refractivity (Wildman–Crippen MR) is 133 cm³/mol. The zero-order valence-corrected chi connectivity index (χ0v) is 19.6. The van der Waals surface area contributed by atoms with Crippen molar-refractivity contribution < 1.29 is 4.58 Å². The van der Waals surface area contributed by atoms with Crippen LogP contribution in [0.1, 0.15) is 65.2 Å². The maximum absolute atomic E-state index is 2.61. The number of rotatable bonds is 6. The molecular formula is C29H41N2+. The summed E-state index contributed by atoms with van der Waals surface area (Å²) in [5.41, 5.74) is 2.74. The van der Waals surface area contributed by atoms with Crippen LogP contribution in [0.5, 0.6) is 0 Å². The van der Waals surface area contributed by atoms with Crippen LogP contribution < -0.4 is 0 Å². The van der Waals surface area contributed by atoms with Crippen LogP contribution in [-0.4, -0.2) is 40.4 Å². The summed E-state index contributed by atoms with van der Waals surface area (Å²) < 4.78 is 2.61. The highest BCUT2D eigenvalue weighted by atomic mass is 15.2. The van der Waals surface area contributed by atoms with Gasteiger partial charge in [0.2, 0.25) is 0 Å². The molecule has 2 aliphatic heterocycles. The van der Waals surface area contributed by atoms with Crippen molar-refractivity contribution in [3.05, 3.63) is 72.5 Å². The molecule has 2 nitrogen and oxygen atoms in total. The molecule has 4 aliphatic rings. The van der Waals surface area contributed by atoms with Gasteiger partial charge in [-0.1, -0.05) is 61.8 Å². The summed E-state index contributed by atoms with van der Waals surface area (Å²) in [6.07, 6.45) is 36.0. The second-order valence-corrected chi connectivity index (χ2v) is 9.47. The lowest BCUT2D eigenvalue weighted by atomic mass is 9.81. The summed E-state index contributed by atoms with van der Waals surface area (Å²) >= 11 is 0. The number of hydrogen-bond donors (Lipinski definition) is 0. The van der Waals surface area contributed by atoms with Gasteiger partial charge in [-0.25, -0.2) is 4.58 Å². The average Bonchev–Trinajstić information content (AvgIpc) is 2.82. The Morgan fingerprint density at radius 2 is 1.55 bits per heavy atom. The first-order valence-corrected chi connectivity index (χ1v) is 12.8. The molecule has 0 spiro atoms. The van der Waals surface area contributed by atoms with E-state index >= 15 is 0 Å². The van der Waals surface area contributed by atoms with Crippen molar-refractivity contribution in [2.75, 3.05) is 13.1 Å². The quantitative estimate of drug-likeness (QED) is 0.349. The van der Waals surface area contributed by atoms with Crippen LogP contribution in [0.25, 0.3) is 0 Å². The predicted octanol–water partition coefficient (Wildman–Crippen LogP) is 6.59. The van der Waals surface area contributed by atoms with Gasteiger partial charge in [-0.15, -0.1) is 0 Å². The van der Waals surface area contributed by atoms with Crippen molar-refractivity contribution in [1.29, 1.82) is 0 Å². The average molecular weight is 418 g/mol. The van der Waals surface area contributed by atoms with Crippen LogP contribution in [0.3, 0.4) is 0 Å². The van der Waals surface area contributed by atoms with E-state index in [1.54, 1.807) is 0 Å². The molecule has 2 heterocycles. The van der Waals surface area contributed by atoms with Gasteiger partial charge in [-0.2, -0.15) is 0 Å². The van der Waals surface area contributed by atoms with Crippen molar-refractivity contribution in [2.24, 2.45) is 11.8 Å². The molecule has 2 saturated carbocycles. The van der Waals surface area contributed by atoms with Gasteiger partial charge in [0.25, 0.3) is 0 Å². The first-order valence-electron chi connectivity index (χ1n) is 12.8. The van der Waals surface area contributed by atoms with E-state index in [0.717, 1.165) is 24.9 Å². The molecule has 0 amide bonds. The Hall–Kier alpha value is -2.09. The fraction of sp³-hybridized carbons (Fsp3) is 0.552. The molecule has 2 fully saturated rings. The van der Waals surface area contributed by atoms with Crippen molar-refractivity contribution in [3.63, 3.8) is 0 Å². The molecule has 2 aliphatic carbocycles. The Morgan fingerprint density at radius 3 is 2.39 bits per heavy atom. The summed E-state index contributed by atoms with van der Waals surface area (Å²) in [6.45, 7) is 6.79. The summed E-state index contributed by atoms with van der Waals surface area (Å²) in [5.74, 6) is 1.52. The maximum atomic E-state index is 2.61. The molecule has 4 rings (SSSR count). The van der Waals surface area contributed by atoms with Gasteiger partial charge in [0, 0.05) is 42.8 Å². The van der Waals surface area contributed by atoms with Gasteiger partial charge in [0.05, 0.1) is 0 Å². The van der Waals surface area contributed by atoms with Crippen molar-refractivity contribution in [2.45, 2.75) is 77.3 Å². The minimum absolute atomic E-state index is 0.715. The standard InChI is InChI=1S/C29H41N2/c1-3-30-26(22-20-24-14-10-12-18-28(24)30)16-8-6-5-7-9-17-27-23-21-25-15-11-13-19-29(25)31(27)4-2/h5-9,16-17,20-25,28-29H,3-4,10-15,18-19H2,1-2H3/q+1. The third kappa shape index (κ3) is 5.22. The Labute approximate surface area is 190 Å². The molecule has 2 heteroatoms. The van der Waals surface area contributed by atoms with E-state index < -0.39 is 0 Å². The molecule has 4 unspecified atom stereocenters. The van der Waals surface area contributed by atoms with E-state index in [4.69, 9.17) is 0 Å². The maximum Gasteiger partial charge on any atom is 0.199 e. The number of allylic oxidation sites excluding steroid dienone is 9. The SMILES string of the molecule is CCN1/C(=C/C=C/C=C/C=C/C2=[N+](CC)C3CCCCC3C=C2)C=CC2CCCCC21. The van der Waals surface area contributed by atoms with Crippen LogP contribution in [0.2, 0.25) is 0 Å².